The van der Waals surface area contributed by atoms with Crippen molar-refractivity contribution in [3.05, 3.63) is 35.4 Å². The van der Waals surface area contributed by atoms with E-state index in [-0.39, 0.29) is 0 Å². The molecular formula is C15H21NO5. The number of carboxylic acid groups (broad SMARTS) is 1. The van der Waals surface area contributed by atoms with Gasteiger partial charge in [0, 0.05) is 0 Å². The molecule has 1 aromatic rings. The van der Waals surface area contributed by atoms with Crippen LogP contribution in [0.3, 0.4) is 0 Å². The van der Waals surface area contributed by atoms with E-state index in [9.17, 15) is 20.1 Å². The Morgan fingerprint density at radius 1 is 1.19 bits per heavy atom. The molecule has 0 saturated carbocycles. The number of aliphatic hydroxyl groups excluding tert-OH is 2. The van der Waals surface area contributed by atoms with Gasteiger partial charge in [-0.15, -0.1) is 0 Å². The average molecular weight is 295 g/mol. The number of nitrogens with one attached hydrogen (secondary N) is 1. The van der Waals surface area contributed by atoms with Gasteiger partial charge in [0.1, 0.15) is 6.10 Å². The van der Waals surface area contributed by atoms with Gasteiger partial charge in [0.15, 0.2) is 0 Å². The van der Waals surface area contributed by atoms with Crippen LogP contribution in [0.15, 0.2) is 24.3 Å². The molecule has 2 rings (SSSR count). The molecule has 1 saturated heterocycles. The molecule has 6 heteroatoms. The van der Waals surface area contributed by atoms with Gasteiger partial charge in [-0.05, 0) is 37.1 Å². The van der Waals surface area contributed by atoms with Crippen molar-refractivity contribution in [1.29, 1.82) is 0 Å². The number of carboxylic acids is 1. The second-order valence-electron chi connectivity index (χ2n) is 5.51. The minimum Gasteiger partial charge on any atom is -0.481 e. The predicted octanol–water partition coefficient (Wildman–Crippen LogP) is 0.127. The van der Waals surface area contributed by atoms with Crippen molar-refractivity contribution in [2.75, 3.05) is 13.1 Å². The van der Waals surface area contributed by atoms with E-state index in [0.717, 1.165) is 18.7 Å². The molecule has 0 amide bonds. The molecule has 1 aliphatic heterocycles. The van der Waals surface area contributed by atoms with Gasteiger partial charge in [-0.1, -0.05) is 24.3 Å². The molecule has 0 radical (unpaired) electrons. The number of carbonyl (C=O) groups is 1. The van der Waals surface area contributed by atoms with Gasteiger partial charge in [0.2, 0.25) is 0 Å². The van der Waals surface area contributed by atoms with Crippen LogP contribution in [-0.2, 0) is 10.4 Å². The lowest BCUT2D eigenvalue weighted by molar-refractivity contribution is -0.141. The smallest absolute Gasteiger partial charge is 0.306 e. The normalized spacial score (nSPS) is 20.7. The third kappa shape index (κ3) is 3.79. The molecule has 2 unspecified atom stereocenters. The summed E-state index contributed by atoms with van der Waals surface area (Å²) in [7, 11) is 0. The van der Waals surface area contributed by atoms with Crippen molar-refractivity contribution in [3.63, 3.8) is 0 Å². The summed E-state index contributed by atoms with van der Waals surface area (Å²) in [4.78, 5) is 10.5. The van der Waals surface area contributed by atoms with Crippen LogP contribution in [0.25, 0.3) is 0 Å². The summed E-state index contributed by atoms with van der Waals surface area (Å²) in [5.74, 6) is -1.16. The number of piperidine rings is 1. The third-order valence-electron chi connectivity index (χ3n) is 3.97. The fourth-order valence-electron chi connectivity index (χ4n) is 2.63. The van der Waals surface area contributed by atoms with Gasteiger partial charge < -0.3 is 25.7 Å². The number of hydrogen-bond donors (Lipinski definition) is 5. The second kappa shape index (κ2) is 6.53. The summed E-state index contributed by atoms with van der Waals surface area (Å²) in [6.07, 6.45) is -1.88. The number of aliphatic carboxylic acids is 1. The second-order valence-corrected chi connectivity index (χ2v) is 5.51. The first-order chi connectivity index (χ1) is 9.92. The van der Waals surface area contributed by atoms with E-state index >= 15 is 0 Å². The highest BCUT2D eigenvalue weighted by Crippen LogP contribution is 2.31. The molecule has 0 aromatic heterocycles. The van der Waals surface area contributed by atoms with Gasteiger partial charge in [-0.25, -0.2) is 0 Å². The first-order valence-corrected chi connectivity index (χ1v) is 7.04. The van der Waals surface area contributed by atoms with Crippen LogP contribution in [0.2, 0.25) is 0 Å². The lowest BCUT2D eigenvalue weighted by Crippen LogP contribution is -2.39. The van der Waals surface area contributed by atoms with E-state index in [4.69, 9.17) is 5.11 Å². The molecule has 6 nitrogen and oxygen atoms in total. The first kappa shape index (κ1) is 15.9. The standard InChI is InChI=1S/C15H21NO5/c17-12(9-13(18)19)14(20)10-1-3-11(4-2-10)15(21)5-7-16-8-6-15/h1-4,12,14,16-17,20-21H,5-9H2,(H,18,19). The van der Waals surface area contributed by atoms with Crippen molar-refractivity contribution < 1.29 is 25.2 Å². The van der Waals surface area contributed by atoms with E-state index in [2.05, 4.69) is 5.32 Å². The van der Waals surface area contributed by atoms with E-state index in [0.29, 0.717) is 18.4 Å². The summed E-state index contributed by atoms with van der Waals surface area (Å²) < 4.78 is 0. The van der Waals surface area contributed by atoms with Crippen molar-refractivity contribution in [1.82, 2.24) is 5.32 Å². The van der Waals surface area contributed by atoms with Gasteiger partial charge in [-0.3, -0.25) is 4.79 Å². The largest absolute Gasteiger partial charge is 0.481 e. The highest BCUT2D eigenvalue weighted by molar-refractivity contribution is 5.67. The molecule has 5 N–H and O–H groups in total. The Kier molecular flexibility index (Phi) is 4.95. The van der Waals surface area contributed by atoms with Crippen LogP contribution < -0.4 is 5.32 Å². The maximum Gasteiger partial charge on any atom is 0.306 e. The van der Waals surface area contributed by atoms with Gasteiger partial charge in [0.25, 0.3) is 0 Å². The monoisotopic (exact) mass is 295 g/mol. The first-order valence-electron chi connectivity index (χ1n) is 7.04. The maximum atomic E-state index is 10.6. The van der Waals surface area contributed by atoms with Crippen LogP contribution in [0.4, 0.5) is 0 Å². The van der Waals surface area contributed by atoms with Crippen LogP contribution >= 0.6 is 0 Å². The van der Waals surface area contributed by atoms with Crippen molar-refractivity contribution in [3.8, 4) is 0 Å². The van der Waals surface area contributed by atoms with Gasteiger partial charge >= 0.3 is 5.97 Å². The SMILES string of the molecule is O=C(O)CC(O)C(O)c1ccc(C2(O)CCNCC2)cc1. The molecule has 0 spiro atoms. The summed E-state index contributed by atoms with van der Waals surface area (Å²) in [5, 5.41) is 41.9. The summed E-state index contributed by atoms with van der Waals surface area (Å²) >= 11 is 0. The Morgan fingerprint density at radius 3 is 2.29 bits per heavy atom. The number of aliphatic hydroxyl groups is 3. The van der Waals surface area contributed by atoms with Crippen molar-refractivity contribution >= 4 is 5.97 Å². The Balaban J connectivity index is 2.09. The molecule has 0 aliphatic carbocycles. The highest BCUT2D eigenvalue weighted by Gasteiger charge is 2.31. The Morgan fingerprint density at radius 2 is 1.76 bits per heavy atom. The van der Waals surface area contributed by atoms with E-state index in [1.807, 2.05) is 0 Å². The lowest BCUT2D eigenvalue weighted by Gasteiger charge is -2.33. The van der Waals surface area contributed by atoms with Crippen LogP contribution in [-0.4, -0.2) is 45.6 Å². The van der Waals surface area contributed by atoms with E-state index < -0.39 is 30.2 Å². The quantitative estimate of drug-likeness (QED) is 0.528. The molecule has 116 valence electrons. The van der Waals surface area contributed by atoms with Crippen LogP contribution in [0.5, 0.6) is 0 Å². The minimum absolute atomic E-state index is 0.435. The zero-order valence-corrected chi connectivity index (χ0v) is 11.7. The molecule has 1 aromatic carbocycles. The zero-order chi connectivity index (χ0) is 15.5. The molecule has 21 heavy (non-hydrogen) atoms. The molecular weight excluding hydrogens is 274 g/mol. The molecule has 0 bridgehead atoms. The number of rotatable bonds is 5. The van der Waals surface area contributed by atoms with Crippen LogP contribution in [0.1, 0.15) is 36.5 Å². The number of benzene rings is 1. The van der Waals surface area contributed by atoms with Crippen molar-refractivity contribution in [2.45, 2.75) is 37.1 Å². The van der Waals surface area contributed by atoms with Crippen molar-refractivity contribution in [2.24, 2.45) is 0 Å². The predicted molar refractivity (Wildman–Crippen MR) is 75.7 cm³/mol. The summed E-state index contributed by atoms with van der Waals surface area (Å²) in [6.45, 7) is 1.50. The number of hydrogen-bond acceptors (Lipinski definition) is 5. The molecule has 2 atom stereocenters. The van der Waals surface area contributed by atoms with E-state index in [1.165, 1.54) is 0 Å². The molecule has 1 fully saturated rings. The van der Waals surface area contributed by atoms with Gasteiger partial charge in [-0.2, -0.15) is 0 Å². The summed E-state index contributed by atoms with van der Waals surface area (Å²) in [5.41, 5.74) is 0.340. The fourth-order valence-corrected chi connectivity index (χ4v) is 2.63. The maximum absolute atomic E-state index is 10.6. The molecule has 1 heterocycles. The Labute approximate surface area is 123 Å². The lowest BCUT2D eigenvalue weighted by atomic mass is 9.84. The Hall–Kier alpha value is -1.47. The van der Waals surface area contributed by atoms with Gasteiger partial charge in [0.05, 0.1) is 18.1 Å². The van der Waals surface area contributed by atoms with E-state index in [1.54, 1.807) is 24.3 Å². The highest BCUT2D eigenvalue weighted by atomic mass is 16.4. The molecule has 1 aliphatic rings. The fraction of sp³-hybridized carbons (Fsp3) is 0.533. The Bertz CT molecular complexity index is 481. The van der Waals surface area contributed by atoms with Crippen LogP contribution in [0, 0.1) is 0 Å². The summed E-state index contributed by atoms with van der Waals surface area (Å²) in [6, 6.07) is 6.67. The average Bonchev–Trinajstić information content (AvgIpc) is 2.46. The topological polar surface area (TPSA) is 110 Å². The third-order valence-corrected chi connectivity index (χ3v) is 3.97. The zero-order valence-electron chi connectivity index (χ0n) is 11.7. The minimum atomic E-state index is -1.35.